The number of nitriles is 1. The van der Waals surface area contributed by atoms with Gasteiger partial charge < -0.3 is 10.2 Å². The number of anilines is 1. The number of rotatable bonds is 4. The van der Waals surface area contributed by atoms with Crippen molar-refractivity contribution in [3.63, 3.8) is 0 Å². The highest BCUT2D eigenvalue weighted by Gasteiger charge is 2.03. The van der Waals surface area contributed by atoms with Gasteiger partial charge in [0.2, 0.25) is 0 Å². The first kappa shape index (κ1) is 12.8. The monoisotopic (exact) mass is 255 g/mol. The van der Waals surface area contributed by atoms with Crippen LogP contribution in [0.25, 0.3) is 0 Å². The zero-order chi connectivity index (χ0) is 13.7. The summed E-state index contributed by atoms with van der Waals surface area (Å²) in [6.07, 6.45) is 0. The molecule has 0 radical (unpaired) electrons. The molecule has 0 bridgehead atoms. The Labute approximate surface area is 110 Å². The first-order valence-electron chi connectivity index (χ1n) is 5.65. The van der Waals surface area contributed by atoms with E-state index in [4.69, 9.17) is 15.8 Å². The van der Waals surface area contributed by atoms with E-state index < -0.39 is 0 Å². The molecule has 0 atom stereocenters. The summed E-state index contributed by atoms with van der Waals surface area (Å²) in [7, 11) is 0. The van der Waals surface area contributed by atoms with Crippen molar-refractivity contribution in [3.8, 4) is 11.8 Å². The Hall–Kier alpha value is -2.65. The standard InChI is InChI=1S/C13H13N5O/c1-9-5-12(18-15)17-13(16-9)8-19-11-4-2-3-10(6-11)7-14/h2-6H,8,15H2,1H3,(H,16,17,18). The topological polar surface area (TPSA) is 96.9 Å². The number of hydrazine groups is 1. The fraction of sp³-hybridized carbons (Fsp3) is 0.154. The van der Waals surface area contributed by atoms with Crippen LogP contribution in [0, 0.1) is 18.3 Å². The molecule has 0 saturated carbocycles. The van der Waals surface area contributed by atoms with Crippen LogP contribution in [-0.2, 0) is 6.61 Å². The molecule has 6 heteroatoms. The van der Waals surface area contributed by atoms with Crippen LogP contribution in [0.5, 0.6) is 5.75 Å². The molecule has 0 aliphatic heterocycles. The molecule has 2 rings (SSSR count). The van der Waals surface area contributed by atoms with E-state index in [1.165, 1.54) is 0 Å². The molecule has 96 valence electrons. The molecular formula is C13H13N5O. The van der Waals surface area contributed by atoms with Crippen LogP contribution >= 0.6 is 0 Å². The molecule has 0 unspecified atom stereocenters. The summed E-state index contributed by atoms with van der Waals surface area (Å²) in [4.78, 5) is 8.42. The van der Waals surface area contributed by atoms with Crippen molar-refractivity contribution in [2.75, 3.05) is 5.43 Å². The number of aromatic nitrogens is 2. The first-order valence-corrected chi connectivity index (χ1v) is 5.65. The second-order valence-corrected chi connectivity index (χ2v) is 3.88. The Kier molecular flexibility index (Phi) is 3.90. The van der Waals surface area contributed by atoms with E-state index in [1.54, 1.807) is 30.3 Å². The second-order valence-electron chi connectivity index (χ2n) is 3.88. The number of nitrogens with two attached hydrogens (primary N) is 1. The number of ether oxygens (including phenoxy) is 1. The molecular weight excluding hydrogens is 242 g/mol. The van der Waals surface area contributed by atoms with E-state index in [1.807, 2.05) is 6.92 Å². The van der Waals surface area contributed by atoms with E-state index >= 15 is 0 Å². The fourth-order valence-corrected chi connectivity index (χ4v) is 1.57. The lowest BCUT2D eigenvalue weighted by molar-refractivity contribution is 0.295. The van der Waals surface area contributed by atoms with Crippen LogP contribution in [0.3, 0.4) is 0 Å². The molecule has 1 aromatic carbocycles. The highest BCUT2D eigenvalue weighted by molar-refractivity contribution is 5.36. The maximum atomic E-state index is 8.80. The van der Waals surface area contributed by atoms with Crippen molar-refractivity contribution >= 4 is 5.82 Å². The zero-order valence-electron chi connectivity index (χ0n) is 10.4. The third-order valence-corrected chi connectivity index (χ3v) is 2.38. The van der Waals surface area contributed by atoms with E-state index in [0.717, 1.165) is 5.69 Å². The summed E-state index contributed by atoms with van der Waals surface area (Å²) in [6.45, 7) is 2.06. The summed E-state index contributed by atoms with van der Waals surface area (Å²) >= 11 is 0. The van der Waals surface area contributed by atoms with Crippen LogP contribution < -0.4 is 16.0 Å². The number of hydrogen-bond acceptors (Lipinski definition) is 6. The Bertz CT molecular complexity index is 621. The Morgan fingerprint density at radius 3 is 2.95 bits per heavy atom. The Morgan fingerprint density at radius 2 is 2.21 bits per heavy atom. The number of nitrogens with one attached hydrogen (secondary N) is 1. The third kappa shape index (κ3) is 3.40. The molecule has 0 spiro atoms. The maximum absolute atomic E-state index is 8.80. The quantitative estimate of drug-likeness (QED) is 0.635. The van der Waals surface area contributed by atoms with Gasteiger partial charge in [-0.3, -0.25) is 0 Å². The van der Waals surface area contributed by atoms with Gasteiger partial charge in [0.15, 0.2) is 5.82 Å². The molecule has 3 N–H and O–H groups in total. The Balaban J connectivity index is 2.10. The van der Waals surface area contributed by atoms with Gasteiger partial charge in [-0.1, -0.05) is 6.07 Å². The molecule has 1 aromatic heterocycles. The van der Waals surface area contributed by atoms with Gasteiger partial charge >= 0.3 is 0 Å². The van der Waals surface area contributed by atoms with E-state index in [0.29, 0.717) is 23.0 Å². The summed E-state index contributed by atoms with van der Waals surface area (Å²) in [5.41, 5.74) is 3.82. The van der Waals surface area contributed by atoms with Gasteiger partial charge in [0.1, 0.15) is 18.2 Å². The smallest absolute Gasteiger partial charge is 0.168 e. The number of hydrogen-bond donors (Lipinski definition) is 2. The van der Waals surface area contributed by atoms with Crippen molar-refractivity contribution in [1.29, 1.82) is 5.26 Å². The predicted molar refractivity (Wildman–Crippen MR) is 70.1 cm³/mol. The highest BCUT2D eigenvalue weighted by Crippen LogP contribution is 2.14. The molecule has 0 aliphatic rings. The summed E-state index contributed by atoms with van der Waals surface area (Å²) in [6, 6.07) is 10.7. The molecule has 0 aliphatic carbocycles. The van der Waals surface area contributed by atoms with Gasteiger partial charge in [0.05, 0.1) is 11.6 Å². The average Bonchev–Trinajstić information content (AvgIpc) is 2.44. The number of nitrogens with zero attached hydrogens (tertiary/aromatic N) is 3. The van der Waals surface area contributed by atoms with Crippen molar-refractivity contribution in [2.24, 2.45) is 5.84 Å². The molecule has 0 saturated heterocycles. The number of benzene rings is 1. The average molecular weight is 255 g/mol. The van der Waals surface area contributed by atoms with Crippen molar-refractivity contribution in [2.45, 2.75) is 13.5 Å². The van der Waals surface area contributed by atoms with Gasteiger partial charge in [0.25, 0.3) is 0 Å². The van der Waals surface area contributed by atoms with Crippen LogP contribution in [0.1, 0.15) is 17.1 Å². The minimum Gasteiger partial charge on any atom is -0.486 e. The molecule has 1 heterocycles. The minimum atomic E-state index is 0.214. The van der Waals surface area contributed by atoms with Gasteiger partial charge in [-0.25, -0.2) is 15.8 Å². The number of nitrogen functional groups attached to an aromatic ring is 1. The summed E-state index contributed by atoms with van der Waals surface area (Å²) in [5, 5.41) is 8.80. The summed E-state index contributed by atoms with van der Waals surface area (Å²) in [5.74, 6) is 6.98. The lowest BCUT2D eigenvalue weighted by Crippen LogP contribution is -2.12. The molecule has 2 aromatic rings. The van der Waals surface area contributed by atoms with Crippen molar-refractivity contribution < 1.29 is 4.74 Å². The predicted octanol–water partition coefficient (Wildman–Crippen LogP) is 1.52. The normalized spacial score (nSPS) is 9.74. The van der Waals surface area contributed by atoms with Gasteiger partial charge in [0, 0.05) is 11.8 Å². The lowest BCUT2D eigenvalue weighted by atomic mass is 10.2. The molecule has 6 nitrogen and oxygen atoms in total. The van der Waals surface area contributed by atoms with Crippen LogP contribution in [-0.4, -0.2) is 9.97 Å². The van der Waals surface area contributed by atoms with Gasteiger partial charge in [-0.05, 0) is 25.1 Å². The van der Waals surface area contributed by atoms with Gasteiger partial charge in [-0.2, -0.15) is 5.26 Å². The molecule has 0 amide bonds. The van der Waals surface area contributed by atoms with E-state index in [2.05, 4.69) is 21.5 Å². The van der Waals surface area contributed by atoms with Crippen molar-refractivity contribution in [3.05, 3.63) is 47.4 Å². The van der Waals surface area contributed by atoms with Crippen LogP contribution in [0.4, 0.5) is 5.82 Å². The van der Waals surface area contributed by atoms with Crippen LogP contribution in [0.15, 0.2) is 30.3 Å². The minimum absolute atomic E-state index is 0.214. The van der Waals surface area contributed by atoms with Crippen LogP contribution in [0.2, 0.25) is 0 Å². The van der Waals surface area contributed by atoms with Gasteiger partial charge in [-0.15, -0.1) is 0 Å². The van der Waals surface area contributed by atoms with E-state index in [9.17, 15) is 0 Å². The SMILES string of the molecule is Cc1cc(NN)nc(COc2cccc(C#N)c2)n1. The fourth-order valence-electron chi connectivity index (χ4n) is 1.57. The first-order chi connectivity index (χ1) is 9.21. The Morgan fingerprint density at radius 1 is 1.37 bits per heavy atom. The highest BCUT2D eigenvalue weighted by atomic mass is 16.5. The second kappa shape index (κ2) is 5.80. The van der Waals surface area contributed by atoms with E-state index in [-0.39, 0.29) is 6.61 Å². The maximum Gasteiger partial charge on any atom is 0.168 e. The zero-order valence-corrected chi connectivity index (χ0v) is 10.4. The number of aryl methyl sites for hydroxylation is 1. The largest absolute Gasteiger partial charge is 0.486 e. The van der Waals surface area contributed by atoms with Crippen molar-refractivity contribution in [1.82, 2.24) is 9.97 Å². The third-order valence-electron chi connectivity index (χ3n) is 2.38. The molecule has 0 fully saturated rings. The lowest BCUT2D eigenvalue weighted by Gasteiger charge is -2.07. The molecule has 19 heavy (non-hydrogen) atoms. The summed E-state index contributed by atoms with van der Waals surface area (Å²) < 4.78 is 5.54.